The highest BCUT2D eigenvalue weighted by Crippen LogP contribution is 1.89. The van der Waals surface area contributed by atoms with Gasteiger partial charge in [0.05, 0.1) is 5.70 Å². The minimum absolute atomic E-state index is 0.787. The molecule has 0 amide bonds. The van der Waals surface area contributed by atoms with Gasteiger partial charge in [0, 0.05) is 6.20 Å². The lowest BCUT2D eigenvalue weighted by Crippen LogP contribution is -1.69. The first-order valence-electron chi connectivity index (χ1n) is 2.48. The molecule has 0 saturated carbocycles. The van der Waals surface area contributed by atoms with E-state index in [9.17, 15) is 0 Å². The number of rotatable bonds is 2. The Hall–Kier alpha value is -0.960. The summed E-state index contributed by atoms with van der Waals surface area (Å²) in [6, 6.07) is 0. The van der Waals surface area contributed by atoms with Crippen molar-refractivity contribution < 1.29 is 0 Å². The Bertz CT molecular complexity index is 105. The number of nitrogens with zero attached hydrogens (tertiary/aromatic N) is 2. The number of nitrogens with two attached hydrogens (primary N) is 1. The van der Waals surface area contributed by atoms with Crippen molar-refractivity contribution in [3.05, 3.63) is 11.9 Å². The van der Waals surface area contributed by atoms with Gasteiger partial charge >= 0.3 is 0 Å². The minimum Gasteiger partial charge on any atom is -0.333 e. The van der Waals surface area contributed by atoms with Gasteiger partial charge in [-0.05, 0) is 27.4 Å². The molecule has 0 aliphatic carbocycles. The lowest BCUT2D eigenvalue weighted by atomic mass is 10.6. The predicted molar refractivity (Wildman–Crippen MR) is 43.0 cm³/mol. The third-order valence-electron chi connectivity index (χ3n) is 0.528. The Kier molecular flexibility index (Phi) is 12.3. The summed E-state index contributed by atoms with van der Waals surface area (Å²) in [5.74, 6) is 0. The summed E-state index contributed by atoms with van der Waals surface area (Å²) in [6.07, 6.45) is 1.55. The van der Waals surface area contributed by atoms with E-state index >= 15 is 0 Å². The molecule has 0 aromatic rings. The van der Waals surface area contributed by atoms with Crippen molar-refractivity contribution in [3.63, 3.8) is 0 Å². The number of aliphatic imine (C=N–C) groups is 2. The lowest BCUT2D eigenvalue weighted by Gasteiger charge is -1.79. The molecular weight excluding hydrogens is 114 g/mol. The van der Waals surface area contributed by atoms with Gasteiger partial charge in [0.25, 0.3) is 0 Å². The van der Waals surface area contributed by atoms with E-state index in [1.54, 1.807) is 6.20 Å². The average molecular weight is 127 g/mol. The molecule has 0 spiro atoms. The molecule has 0 unspecified atom stereocenters. The molecule has 0 saturated heterocycles. The zero-order chi connectivity index (χ0) is 7.70. The quantitative estimate of drug-likeness (QED) is 0.548. The molecular formula is C6H13N3. The van der Waals surface area contributed by atoms with E-state index < -0.39 is 0 Å². The summed E-state index contributed by atoms with van der Waals surface area (Å²) < 4.78 is 0. The van der Waals surface area contributed by atoms with Crippen LogP contribution >= 0.6 is 0 Å². The second-order valence-corrected chi connectivity index (χ2v) is 1.11. The maximum atomic E-state index is 4.50. The molecule has 52 valence electrons. The fourth-order valence-corrected chi connectivity index (χ4v) is 0.173. The molecule has 0 rings (SSSR count). The number of hydrogen-bond acceptors (Lipinski definition) is 3. The van der Waals surface area contributed by atoms with Crippen LogP contribution < -0.4 is 5.73 Å². The Morgan fingerprint density at radius 1 is 1.44 bits per heavy atom. The molecule has 0 heterocycles. The van der Waals surface area contributed by atoms with Gasteiger partial charge in [-0.1, -0.05) is 0 Å². The van der Waals surface area contributed by atoms with Crippen LogP contribution in [-0.4, -0.2) is 20.5 Å². The standard InChI is InChI=1S/C5H8N2.CH5N/c1-5(7-3)4-6-2;1-2/h4H,2-3H2,1H3;2H2,1H3/b5-4-;. The fourth-order valence-electron chi connectivity index (χ4n) is 0.173. The molecule has 0 radical (unpaired) electrons. The van der Waals surface area contributed by atoms with E-state index in [4.69, 9.17) is 0 Å². The third-order valence-corrected chi connectivity index (χ3v) is 0.528. The first-order chi connectivity index (χ1) is 4.31. The Balaban J connectivity index is 0. The van der Waals surface area contributed by atoms with Crippen molar-refractivity contribution >= 4 is 13.4 Å². The van der Waals surface area contributed by atoms with Crippen LogP contribution in [0.2, 0.25) is 0 Å². The lowest BCUT2D eigenvalue weighted by molar-refractivity contribution is 1.29. The Labute approximate surface area is 56.0 Å². The second-order valence-electron chi connectivity index (χ2n) is 1.11. The number of allylic oxidation sites excluding steroid dienone is 1. The first-order valence-corrected chi connectivity index (χ1v) is 2.48. The van der Waals surface area contributed by atoms with E-state index in [0.717, 1.165) is 5.70 Å². The van der Waals surface area contributed by atoms with Crippen molar-refractivity contribution in [2.24, 2.45) is 15.7 Å². The molecule has 0 aromatic heterocycles. The molecule has 9 heavy (non-hydrogen) atoms. The van der Waals surface area contributed by atoms with E-state index in [1.165, 1.54) is 7.05 Å². The van der Waals surface area contributed by atoms with Crippen LogP contribution in [0.15, 0.2) is 21.9 Å². The summed E-state index contributed by atoms with van der Waals surface area (Å²) in [4.78, 5) is 7.02. The van der Waals surface area contributed by atoms with Gasteiger partial charge in [0.1, 0.15) is 0 Å². The van der Waals surface area contributed by atoms with Crippen molar-refractivity contribution in [1.82, 2.24) is 0 Å². The van der Waals surface area contributed by atoms with Crippen LogP contribution in [0.4, 0.5) is 0 Å². The molecule has 3 heteroatoms. The minimum atomic E-state index is 0.787. The Morgan fingerprint density at radius 3 is 2.00 bits per heavy atom. The highest BCUT2D eigenvalue weighted by molar-refractivity contribution is 5.30. The van der Waals surface area contributed by atoms with Gasteiger partial charge in [-0.25, -0.2) is 0 Å². The summed E-state index contributed by atoms with van der Waals surface area (Å²) in [5, 5.41) is 0. The van der Waals surface area contributed by atoms with Crippen molar-refractivity contribution in [3.8, 4) is 0 Å². The maximum Gasteiger partial charge on any atom is 0.0547 e. The zero-order valence-electron chi connectivity index (χ0n) is 5.96. The smallest absolute Gasteiger partial charge is 0.0547 e. The molecule has 0 aliphatic rings. The van der Waals surface area contributed by atoms with E-state index in [1.807, 2.05) is 6.92 Å². The van der Waals surface area contributed by atoms with Crippen LogP contribution in [0.5, 0.6) is 0 Å². The van der Waals surface area contributed by atoms with Gasteiger partial charge in [0.15, 0.2) is 0 Å². The van der Waals surface area contributed by atoms with Crippen LogP contribution in [0.3, 0.4) is 0 Å². The normalized spacial score (nSPS) is 9.00. The van der Waals surface area contributed by atoms with Gasteiger partial charge in [-0.15, -0.1) is 0 Å². The van der Waals surface area contributed by atoms with E-state index in [2.05, 4.69) is 29.2 Å². The molecule has 0 atom stereocenters. The largest absolute Gasteiger partial charge is 0.333 e. The van der Waals surface area contributed by atoms with Gasteiger partial charge in [-0.2, -0.15) is 0 Å². The molecule has 0 aliphatic heterocycles. The van der Waals surface area contributed by atoms with Crippen LogP contribution in [0.1, 0.15) is 6.92 Å². The fraction of sp³-hybridized carbons (Fsp3) is 0.333. The highest BCUT2D eigenvalue weighted by atomic mass is 14.7. The zero-order valence-corrected chi connectivity index (χ0v) is 5.96. The molecule has 3 nitrogen and oxygen atoms in total. The van der Waals surface area contributed by atoms with Crippen LogP contribution in [0.25, 0.3) is 0 Å². The van der Waals surface area contributed by atoms with Crippen molar-refractivity contribution in [2.45, 2.75) is 6.92 Å². The summed E-state index contributed by atoms with van der Waals surface area (Å²) in [5.41, 5.74) is 5.29. The topological polar surface area (TPSA) is 50.7 Å². The second kappa shape index (κ2) is 10.1. The monoisotopic (exact) mass is 127 g/mol. The van der Waals surface area contributed by atoms with Crippen LogP contribution in [0, 0.1) is 0 Å². The molecule has 2 N–H and O–H groups in total. The maximum absolute atomic E-state index is 4.50. The van der Waals surface area contributed by atoms with Crippen LogP contribution in [-0.2, 0) is 0 Å². The molecule has 0 fully saturated rings. The molecule has 0 bridgehead atoms. The summed E-state index contributed by atoms with van der Waals surface area (Å²) >= 11 is 0. The number of hydrogen-bond donors (Lipinski definition) is 1. The summed E-state index contributed by atoms with van der Waals surface area (Å²) in [6.45, 7) is 8.31. The SMILES string of the molecule is C=N/C=C(/C)N=C.CN. The Morgan fingerprint density at radius 2 is 1.89 bits per heavy atom. The molecule has 0 aromatic carbocycles. The average Bonchev–Trinajstić information content (AvgIpc) is 1.93. The van der Waals surface area contributed by atoms with Crippen molar-refractivity contribution in [1.29, 1.82) is 0 Å². The summed E-state index contributed by atoms with van der Waals surface area (Å²) in [7, 11) is 1.50. The highest BCUT2D eigenvalue weighted by Gasteiger charge is 1.71. The van der Waals surface area contributed by atoms with Gasteiger partial charge in [-0.3, -0.25) is 9.98 Å². The first kappa shape index (κ1) is 10.9. The van der Waals surface area contributed by atoms with Gasteiger partial charge < -0.3 is 5.73 Å². The van der Waals surface area contributed by atoms with E-state index in [-0.39, 0.29) is 0 Å². The third kappa shape index (κ3) is 11.0. The van der Waals surface area contributed by atoms with Gasteiger partial charge in [0.2, 0.25) is 0 Å². The predicted octanol–water partition coefficient (Wildman–Crippen LogP) is 0.824. The van der Waals surface area contributed by atoms with Crippen molar-refractivity contribution in [2.75, 3.05) is 7.05 Å². The van der Waals surface area contributed by atoms with E-state index in [0.29, 0.717) is 0 Å².